The molecular weight excluding hydrogens is 166 g/mol. The van der Waals surface area contributed by atoms with Crippen LogP contribution in [0.1, 0.15) is 11.1 Å². The Morgan fingerprint density at radius 2 is 2.31 bits per heavy atom. The van der Waals surface area contributed by atoms with E-state index >= 15 is 0 Å². The van der Waals surface area contributed by atoms with E-state index in [0.29, 0.717) is 12.1 Å². The molecular formula is C10H12NO2+. The van der Waals surface area contributed by atoms with Gasteiger partial charge >= 0.3 is 5.69 Å². The molecule has 0 atom stereocenters. The first-order valence-corrected chi connectivity index (χ1v) is 4.01. The normalized spacial score (nSPS) is 9.62. The Kier molecular flexibility index (Phi) is 2.80. The predicted molar refractivity (Wildman–Crippen MR) is 50.2 cm³/mol. The summed E-state index contributed by atoms with van der Waals surface area (Å²) in [6.07, 6.45) is 2.27. The lowest BCUT2D eigenvalue weighted by Gasteiger charge is -1.97. The molecule has 0 aromatic heterocycles. The van der Waals surface area contributed by atoms with Crippen molar-refractivity contribution in [3.8, 4) is 0 Å². The predicted octanol–water partition coefficient (Wildman–Crippen LogP) is 2.52. The van der Waals surface area contributed by atoms with E-state index in [-0.39, 0.29) is 4.92 Å². The molecule has 0 fully saturated rings. The van der Waals surface area contributed by atoms with Gasteiger partial charge in [-0.05, 0) is 18.9 Å². The maximum absolute atomic E-state index is 10.7. The van der Waals surface area contributed by atoms with Crippen LogP contribution in [0, 0.1) is 11.8 Å². The largest absolute Gasteiger partial charge is 0.320 e. The Balaban J connectivity index is 3.17. The number of hydrogen-bond acceptors (Lipinski definition) is 1. The maximum atomic E-state index is 10.7. The molecule has 1 N–H and O–H groups in total. The Labute approximate surface area is 76.9 Å². The van der Waals surface area contributed by atoms with Crippen LogP contribution in [0.25, 0.3) is 0 Å². The van der Waals surface area contributed by atoms with Gasteiger partial charge in [0, 0.05) is 11.6 Å². The Morgan fingerprint density at radius 1 is 1.62 bits per heavy atom. The highest BCUT2D eigenvalue weighted by Crippen LogP contribution is 2.19. The van der Waals surface area contributed by atoms with E-state index in [2.05, 4.69) is 6.58 Å². The topological polar surface area (TPSA) is 40.3 Å². The molecule has 1 rings (SSSR count). The fourth-order valence-corrected chi connectivity index (χ4v) is 1.18. The van der Waals surface area contributed by atoms with Gasteiger partial charge in [0.05, 0.1) is 4.91 Å². The molecule has 0 spiro atoms. The van der Waals surface area contributed by atoms with Crippen LogP contribution in [-0.4, -0.2) is 10.1 Å². The molecule has 0 bridgehead atoms. The van der Waals surface area contributed by atoms with E-state index in [4.69, 9.17) is 5.21 Å². The van der Waals surface area contributed by atoms with Gasteiger partial charge in [-0.3, -0.25) is 0 Å². The summed E-state index contributed by atoms with van der Waals surface area (Å²) in [4.78, 5) is 10.6. The van der Waals surface area contributed by atoms with Gasteiger partial charge in [-0.1, -0.05) is 18.2 Å². The van der Waals surface area contributed by atoms with Crippen LogP contribution < -0.4 is 0 Å². The van der Waals surface area contributed by atoms with Crippen molar-refractivity contribution in [2.45, 2.75) is 13.3 Å². The number of aryl methyl sites for hydroxylation is 1. The molecule has 3 heteroatoms. The summed E-state index contributed by atoms with van der Waals surface area (Å²) in [6, 6.07) is 5.35. The van der Waals surface area contributed by atoms with Crippen molar-refractivity contribution in [1.29, 1.82) is 0 Å². The van der Waals surface area contributed by atoms with Crippen molar-refractivity contribution in [2.24, 2.45) is 0 Å². The van der Waals surface area contributed by atoms with Crippen LogP contribution in [0.5, 0.6) is 0 Å². The third kappa shape index (κ3) is 2.15. The first-order valence-electron chi connectivity index (χ1n) is 4.01. The summed E-state index contributed by atoms with van der Waals surface area (Å²) < 4.78 is 0. The highest BCUT2D eigenvalue weighted by Gasteiger charge is 2.16. The van der Waals surface area contributed by atoms with Gasteiger partial charge in [0.15, 0.2) is 0 Å². The lowest BCUT2D eigenvalue weighted by molar-refractivity contribution is -0.730. The molecule has 1 aromatic rings. The fraction of sp³-hybridized carbons (Fsp3) is 0.200. The summed E-state index contributed by atoms with van der Waals surface area (Å²) in [5, 5.41) is 8.80. The summed E-state index contributed by atoms with van der Waals surface area (Å²) in [5.74, 6) is 0. The standard InChI is InChI=1S/C10H12NO2/c1-3-4-9-6-5-8(2)7-10(9)11(12)13/h3,5-7H,1,4H2,2H3,(H,12,13)/q+1. The van der Waals surface area contributed by atoms with Crippen molar-refractivity contribution in [3.63, 3.8) is 0 Å². The van der Waals surface area contributed by atoms with Crippen LogP contribution in [0.15, 0.2) is 30.9 Å². The number of allylic oxidation sites excluding steroid dienone is 1. The summed E-state index contributed by atoms with van der Waals surface area (Å²) in [6.45, 7) is 5.44. The minimum atomic E-state index is -0.105. The van der Waals surface area contributed by atoms with Crippen molar-refractivity contribution >= 4 is 5.69 Å². The second-order valence-electron chi connectivity index (χ2n) is 2.90. The molecule has 1 aromatic carbocycles. The third-order valence-corrected chi connectivity index (χ3v) is 1.81. The quantitative estimate of drug-likeness (QED) is 0.570. The molecule has 0 radical (unpaired) electrons. The SMILES string of the molecule is C=CCc1ccc(C)cc1[N+](=O)O. The zero-order valence-electron chi connectivity index (χ0n) is 7.53. The van der Waals surface area contributed by atoms with Crippen molar-refractivity contribution < 1.29 is 10.1 Å². The Hall–Kier alpha value is -1.64. The molecule has 0 aliphatic carbocycles. The Morgan fingerprint density at radius 3 is 2.85 bits per heavy atom. The van der Waals surface area contributed by atoms with Crippen LogP contribution >= 0.6 is 0 Å². The zero-order valence-corrected chi connectivity index (χ0v) is 7.53. The Bertz CT molecular complexity index is 345. The average molecular weight is 178 g/mol. The minimum absolute atomic E-state index is 0.105. The number of nitrogens with zero attached hydrogens (tertiary/aromatic N) is 1. The van der Waals surface area contributed by atoms with Crippen LogP contribution in [-0.2, 0) is 6.42 Å². The minimum Gasteiger partial charge on any atom is -0.241 e. The van der Waals surface area contributed by atoms with E-state index in [0.717, 1.165) is 11.1 Å². The average Bonchev–Trinajstić information content (AvgIpc) is 2.08. The summed E-state index contributed by atoms with van der Waals surface area (Å²) in [7, 11) is 0. The lowest BCUT2D eigenvalue weighted by Crippen LogP contribution is -1.97. The number of rotatable bonds is 3. The van der Waals surface area contributed by atoms with Crippen molar-refractivity contribution in [1.82, 2.24) is 0 Å². The second kappa shape index (κ2) is 3.85. The van der Waals surface area contributed by atoms with E-state index in [1.165, 1.54) is 0 Å². The van der Waals surface area contributed by atoms with E-state index in [1.807, 2.05) is 19.1 Å². The van der Waals surface area contributed by atoms with Gasteiger partial charge < -0.3 is 0 Å². The molecule has 0 heterocycles. The molecule has 0 aliphatic rings. The van der Waals surface area contributed by atoms with E-state index < -0.39 is 0 Å². The van der Waals surface area contributed by atoms with Gasteiger partial charge in [0.2, 0.25) is 0 Å². The number of hydrogen-bond donors (Lipinski definition) is 1. The van der Waals surface area contributed by atoms with Crippen LogP contribution in [0.3, 0.4) is 0 Å². The summed E-state index contributed by atoms with van der Waals surface area (Å²) >= 11 is 0. The third-order valence-electron chi connectivity index (χ3n) is 1.81. The van der Waals surface area contributed by atoms with Crippen LogP contribution in [0.2, 0.25) is 0 Å². The molecule has 68 valence electrons. The van der Waals surface area contributed by atoms with Crippen LogP contribution in [0.4, 0.5) is 5.69 Å². The molecule has 0 saturated heterocycles. The zero-order chi connectivity index (χ0) is 9.84. The molecule has 0 amide bonds. The highest BCUT2D eigenvalue weighted by molar-refractivity contribution is 5.43. The fourth-order valence-electron chi connectivity index (χ4n) is 1.18. The summed E-state index contributed by atoms with van der Waals surface area (Å²) in [5.41, 5.74) is 2.01. The smallest absolute Gasteiger partial charge is 0.241 e. The maximum Gasteiger partial charge on any atom is 0.320 e. The van der Waals surface area contributed by atoms with Gasteiger partial charge in [-0.2, -0.15) is 0 Å². The van der Waals surface area contributed by atoms with Gasteiger partial charge in [-0.15, -0.1) is 6.58 Å². The number of benzene rings is 1. The second-order valence-corrected chi connectivity index (χ2v) is 2.90. The first kappa shape index (κ1) is 9.45. The monoisotopic (exact) mass is 178 g/mol. The van der Waals surface area contributed by atoms with Gasteiger partial charge in [0.1, 0.15) is 0 Å². The molecule has 13 heavy (non-hydrogen) atoms. The van der Waals surface area contributed by atoms with Gasteiger partial charge in [-0.25, -0.2) is 5.21 Å². The first-order chi connectivity index (χ1) is 6.15. The van der Waals surface area contributed by atoms with E-state index in [9.17, 15) is 4.91 Å². The lowest BCUT2D eigenvalue weighted by atomic mass is 10.1. The molecule has 0 unspecified atom stereocenters. The van der Waals surface area contributed by atoms with E-state index in [1.54, 1.807) is 12.1 Å². The molecule has 0 saturated carbocycles. The van der Waals surface area contributed by atoms with Crippen molar-refractivity contribution in [3.05, 3.63) is 46.9 Å². The van der Waals surface area contributed by atoms with Gasteiger partial charge in [0.25, 0.3) is 4.92 Å². The highest BCUT2D eigenvalue weighted by atomic mass is 16.6. The molecule has 0 aliphatic heterocycles. The van der Waals surface area contributed by atoms with Crippen molar-refractivity contribution in [2.75, 3.05) is 0 Å². The molecule has 3 nitrogen and oxygen atoms in total.